The van der Waals surface area contributed by atoms with Gasteiger partial charge in [-0.3, -0.25) is 0 Å². The summed E-state index contributed by atoms with van der Waals surface area (Å²) in [6, 6.07) is 2.60. The van der Waals surface area contributed by atoms with Crippen LogP contribution in [-0.2, 0) is 4.74 Å². The molecule has 0 bridgehead atoms. The number of aryl methyl sites for hydroxylation is 1. The third-order valence-electron chi connectivity index (χ3n) is 4.25. The van der Waals surface area contributed by atoms with Crippen LogP contribution in [-0.4, -0.2) is 18.8 Å². The third kappa shape index (κ3) is 3.07. The second kappa shape index (κ2) is 6.25. The Morgan fingerprint density at radius 2 is 2.05 bits per heavy atom. The highest BCUT2D eigenvalue weighted by atomic mass is 79.9. The molecule has 1 aromatic rings. The molecule has 4 heteroatoms. The fraction of sp³-hybridized carbons (Fsp3) is 0.733. The van der Waals surface area contributed by atoms with E-state index in [-0.39, 0.29) is 0 Å². The van der Waals surface area contributed by atoms with E-state index < -0.39 is 0 Å². The van der Waals surface area contributed by atoms with E-state index in [2.05, 4.69) is 61.9 Å². The second-order valence-electron chi connectivity index (χ2n) is 5.59. The second-order valence-corrected chi connectivity index (χ2v) is 7.73. The maximum atomic E-state index is 6.03. The van der Waals surface area contributed by atoms with Gasteiger partial charge in [0.25, 0.3) is 0 Å². The maximum Gasteiger partial charge on any atom is 0.0600 e. The molecule has 0 saturated carbocycles. The van der Waals surface area contributed by atoms with Crippen LogP contribution in [0.15, 0.2) is 10.5 Å². The molecule has 1 saturated heterocycles. The SMILES string of the molecule is CCNC(c1sc(C)cc1Br)C1C(C)OC(C)C1C. The number of nitrogens with one attached hydrogen (secondary N) is 1. The molecule has 108 valence electrons. The summed E-state index contributed by atoms with van der Waals surface area (Å²) in [6.45, 7) is 12.1. The summed E-state index contributed by atoms with van der Waals surface area (Å²) in [7, 11) is 0. The first-order valence-electron chi connectivity index (χ1n) is 7.10. The van der Waals surface area contributed by atoms with Gasteiger partial charge in [-0.2, -0.15) is 0 Å². The molecule has 2 heterocycles. The van der Waals surface area contributed by atoms with Crippen molar-refractivity contribution in [2.24, 2.45) is 11.8 Å². The largest absolute Gasteiger partial charge is 0.375 e. The van der Waals surface area contributed by atoms with E-state index in [0.717, 1.165) is 6.54 Å². The fourth-order valence-corrected chi connectivity index (χ4v) is 5.24. The molecule has 1 aliphatic rings. The van der Waals surface area contributed by atoms with Gasteiger partial charge >= 0.3 is 0 Å². The predicted molar refractivity (Wildman–Crippen MR) is 85.8 cm³/mol. The van der Waals surface area contributed by atoms with Gasteiger partial charge in [0.2, 0.25) is 0 Å². The number of ether oxygens (including phenoxy) is 1. The van der Waals surface area contributed by atoms with Crippen molar-refractivity contribution in [1.29, 1.82) is 0 Å². The Kier molecular flexibility index (Phi) is 5.09. The summed E-state index contributed by atoms with van der Waals surface area (Å²) in [5, 5.41) is 3.68. The molecule has 1 aromatic heterocycles. The Hall–Kier alpha value is 0.1000. The normalized spacial score (nSPS) is 32.7. The number of rotatable bonds is 4. The van der Waals surface area contributed by atoms with E-state index in [1.54, 1.807) is 0 Å². The summed E-state index contributed by atoms with van der Waals surface area (Å²) >= 11 is 5.61. The van der Waals surface area contributed by atoms with Gasteiger partial charge in [0.15, 0.2) is 0 Å². The highest BCUT2D eigenvalue weighted by Crippen LogP contribution is 2.44. The first kappa shape index (κ1) is 15.5. The average Bonchev–Trinajstić information content (AvgIpc) is 2.78. The van der Waals surface area contributed by atoms with E-state index in [9.17, 15) is 0 Å². The Morgan fingerprint density at radius 1 is 1.37 bits per heavy atom. The summed E-state index contributed by atoms with van der Waals surface area (Å²) < 4.78 is 7.27. The Labute approximate surface area is 129 Å². The number of thiophene rings is 1. The van der Waals surface area contributed by atoms with Crippen LogP contribution in [0.25, 0.3) is 0 Å². The van der Waals surface area contributed by atoms with E-state index in [0.29, 0.717) is 30.1 Å². The van der Waals surface area contributed by atoms with Crippen molar-refractivity contribution in [2.45, 2.75) is 52.9 Å². The van der Waals surface area contributed by atoms with E-state index in [1.807, 2.05) is 11.3 Å². The average molecular weight is 346 g/mol. The lowest BCUT2D eigenvalue weighted by Gasteiger charge is -2.29. The van der Waals surface area contributed by atoms with Gasteiger partial charge in [-0.05, 0) is 55.2 Å². The smallest absolute Gasteiger partial charge is 0.0600 e. The lowest BCUT2D eigenvalue weighted by molar-refractivity contribution is 0.0477. The third-order valence-corrected chi connectivity index (χ3v) is 6.30. The van der Waals surface area contributed by atoms with Crippen molar-refractivity contribution in [1.82, 2.24) is 5.32 Å². The van der Waals surface area contributed by atoms with E-state index in [1.165, 1.54) is 14.2 Å². The Balaban J connectivity index is 2.32. The van der Waals surface area contributed by atoms with Gasteiger partial charge in [-0.15, -0.1) is 11.3 Å². The van der Waals surface area contributed by atoms with Crippen molar-refractivity contribution >= 4 is 27.3 Å². The van der Waals surface area contributed by atoms with Crippen LogP contribution in [0, 0.1) is 18.8 Å². The zero-order valence-electron chi connectivity index (χ0n) is 12.4. The summed E-state index contributed by atoms with van der Waals surface area (Å²) in [5.41, 5.74) is 0. The molecule has 5 atom stereocenters. The zero-order valence-corrected chi connectivity index (χ0v) is 14.8. The molecule has 2 nitrogen and oxygen atoms in total. The van der Waals surface area contributed by atoms with Crippen LogP contribution >= 0.6 is 27.3 Å². The Morgan fingerprint density at radius 3 is 2.47 bits per heavy atom. The minimum Gasteiger partial charge on any atom is -0.375 e. The molecule has 0 aromatic carbocycles. The summed E-state index contributed by atoms with van der Waals surface area (Å²) in [5.74, 6) is 1.11. The molecule has 2 rings (SSSR count). The lowest BCUT2D eigenvalue weighted by Crippen LogP contribution is -2.34. The first-order valence-corrected chi connectivity index (χ1v) is 8.71. The van der Waals surface area contributed by atoms with Crippen LogP contribution < -0.4 is 5.32 Å². The molecule has 0 aliphatic carbocycles. The van der Waals surface area contributed by atoms with Crippen LogP contribution in [0.4, 0.5) is 0 Å². The molecule has 0 spiro atoms. The molecule has 5 unspecified atom stereocenters. The van der Waals surface area contributed by atoms with Gasteiger partial charge in [0.05, 0.1) is 12.2 Å². The van der Waals surface area contributed by atoms with Crippen LogP contribution in [0.1, 0.15) is 43.5 Å². The molecular weight excluding hydrogens is 322 g/mol. The van der Waals surface area contributed by atoms with Gasteiger partial charge in [0, 0.05) is 26.2 Å². The van der Waals surface area contributed by atoms with E-state index >= 15 is 0 Å². The standard InChI is InChI=1S/C15H24BrNOS/c1-6-17-14(15-12(16)7-8(2)19-15)13-9(3)10(4)18-11(13)5/h7,9-11,13-14,17H,6H2,1-5H3. The van der Waals surface area contributed by atoms with Crippen molar-refractivity contribution in [3.05, 3.63) is 20.3 Å². The Bertz CT molecular complexity index is 434. The molecular formula is C15H24BrNOS. The molecule has 0 amide bonds. The van der Waals surface area contributed by atoms with Gasteiger partial charge in [-0.25, -0.2) is 0 Å². The fourth-order valence-electron chi connectivity index (χ4n) is 3.21. The predicted octanol–water partition coefficient (Wildman–Crippen LogP) is 4.53. The first-order chi connectivity index (χ1) is 8.95. The van der Waals surface area contributed by atoms with Gasteiger partial charge in [-0.1, -0.05) is 13.8 Å². The van der Waals surface area contributed by atoms with Crippen LogP contribution in [0.5, 0.6) is 0 Å². The van der Waals surface area contributed by atoms with Crippen molar-refractivity contribution in [3.63, 3.8) is 0 Å². The summed E-state index contributed by atoms with van der Waals surface area (Å²) in [4.78, 5) is 2.78. The highest BCUT2D eigenvalue weighted by molar-refractivity contribution is 9.10. The van der Waals surface area contributed by atoms with Crippen molar-refractivity contribution in [2.75, 3.05) is 6.54 Å². The number of halogens is 1. The quantitative estimate of drug-likeness (QED) is 0.865. The molecule has 1 aliphatic heterocycles. The maximum absolute atomic E-state index is 6.03. The number of hydrogen-bond acceptors (Lipinski definition) is 3. The number of hydrogen-bond donors (Lipinski definition) is 1. The minimum absolute atomic E-state index is 0.309. The lowest BCUT2D eigenvalue weighted by atomic mass is 9.83. The van der Waals surface area contributed by atoms with E-state index in [4.69, 9.17) is 4.74 Å². The van der Waals surface area contributed by atoms with Gasteiger partial charge in [0.1, 0.15) is 0 Å². The molecule has 1 fully saturated rings. The molecule has 0 radical (unpaired) electrons. The minimum atomic E-state index is 0.309. The molecule has 19 heavy (non-hydrogen) atoms. The zero-order chi connectivity index (χ0) is 14.2. The highest BCUT2D eigenvalue weighted by Gasteiger charge is 2.42. The van der Waals surface area contributed by atoms with Crippen LogP contribution in [0.3, 0.4) is 0 Å². The van der Waals surface area contributed by atoms with Crippen LogP contribution in [0.2, 0.25) is 0 Å². The topological polar surface area (TPSA) is 21.3 Å². The van der Waals surface area contributed by atoms with Crippen molar-refractivity contribution < 1.29 is 4.74 Å². The van der Waals surface area contributed by atoms with Gasteiger partial charge < -0.3 is 10.1 Å². The molecule has 1 N–H and O–H groups in total. The summed E-state index contributed by atoms with van der Waals surface area (Å²) in [6.07, 6.45) is 0.657. The van der Waals surface area contributed by atoms with Crippen molar-refractivity contribution in [3.8, 4) is 0 Å². The monoisotopic (exact) mass is 345 g/mol.